The highest BCUT2D eigenvalue weighted by Gasteiger charge is 2.53. The standard InChI is InChI=1S/C27H29NO4/c1-20-8-6-11-22(18-20)13-16-27(32-25(29)19-21-9-4-3-5-10-21)15-7-12-24-23(27)14-17-28(24)26(30)31-2/h3-6,8-11,18,23-24H,7,12,14-15,17,19H2,1-2H3/t23-,24-,27-/m1/s1. The molecule has 3 atom stereocenters. The summed E-state index contributed by atoms with van der Waals surface area (Å²) in [7, 11) is 1.41. The molecule has 2 aromatic carbocycles. The van der Waals surface area contributed by atoms with E-state index in [0.29, 0.717) is 13.0 Å². The van der Waals surface area contributed by atoms with Crippen molar-refractivity contribution < 1.29 is 19.1 Å². The van der Waals surface area contributed by atoms with Crippen molar-refractivity contribution in [1.82, 2.24) is 4.90 Å². The number of methoxy groups -OCH3 is 1. The van der Waals surface area contributed by atoms with Gasteiger partial charge in [0.2, 0.25) is 0 Å². The molecule has 0 bridgehead atoms. The number of ether oxygens (including phenoxy) is 2. The molecule has 1 aliphatic heterocycles. The van der Waals surface area contributed by atoms with Gasteiger partial charge in [-0.3, -0.25) is 4.79 Å². The molecule has 166 valence electrons. The maximum Gasteiger partial charge on any atom is 0.409 e. The van der Waals surface area contributed by atoms with E-state index in [1.165, 1.54) is 7.11 Å². The minimum Gasteiger partial charge on any atom is -0.453 e. The van der Waals surface area contributed by atoms with Gasteiger partial charge in [0.1, 0.15) is 0 Å². The number of likely N-dealkylation sites (tertiary alicyclic amines) is 1. The molecule has 0 spiro atoms. The maximum atomic E-state index is 13.0. The summed E-state index contributed by atoms with van der Waals surface area (Å²) in [6.45, 7) is 2.62. The van der Waals surface area contributed by atoms with Crippen LogP contribution in [0.1, 0.15) is 42.4 Å². The van der Waals surface area contributed by atoms with Gasteiger partial charge < -0.3 is 14.4 Å². The van der Waals surface area contributed by atoms with Crippen LogP contribution in [0.2, 0.25) is 0 Å². The molecule has 1 saturated carbocycles. The van der Waals surface area contributed by atoms with E-state index in [4.69, 9.17) is 9.47 Å². The zero-order valence-electron chi connectivity index (χ0n) is 18.7. The van der Waals surface area contributed by atoms with Crippen molar-refractivity contribution in [3.63, 3.8) is 0 Å². The SMILES string of the molecule is COC(=O)N1CC[C@@H]2[C@H]1CCC[C@]2(C#Cc1cccc(C)c1)OC(=O)Cc1ccccc1. The molecule has 5 nitrogen and oxygen atoms in total. The molecule has 1 amide bonds. The minimum atomic E-state index is -0.915. The predicted octanol–water partition coefficient (Wildman–Crippen LogP) is 4.51. The fraction of sp³-hybridized carbons (Fsp3) is 0.407. The summed E-state index contributed by atoms with van der Waals surface area (Å²) in [5.41, 5.74) is 2.02. The van der Waals surface area contributed by atoms with Crippen molar-refractivity contribution in [2.75, 3.05) is 13.7 Å². The van der Waals surface area contributed by atoms with Crippen LogP contribution in [-0.2, 0) is 20.7 Å². The zero-order chi connectivity index (χ0) is 22.6. The van der Waals surface area contributed by atoms with E-state index in [9.17, 15) is 9.59 Å². The van der Waals surface area contributed by atoms with Crippen molar-refractivity contribution >= 4 is 12.1 Å². The summed E-state index contributed by atoms with van der Waals surface area (Å²) >= 11 is 0. The van der Waals surface area contributed by atoms with Crippen LogP contribution in [0.25, 0.3) is 0 Å². The summed E-state index contributed by atoms with van der Waals surface area (Å²) in [6, 6.07) is 17.6. The lowest BCUT2D eigenvalue weighted by atomic mass is 9.72. The highest BCUT2D eigenvalue weighted by Crippen LogP contribution is 2.45. The van der Waals surface area contributed by atoms with E-state index in [2.05, 4.69) is 11.8 Å². The van der Waals surface area contributed by atoms with E-state index in [1.807, 2.05) is 61.5 Å². The summed E-state index contributed by atoms with van der Waals surface area (Å²) in [5, 5.41) is 0. The Bertz CT molecular complexity index is 1040. The van der Waals surface area contributed by atoms with Gasteiger partial charge in [-0.1, -0.05) is 48.4 Å². The molecule has 32 heavy (non-hydrogen) atoms. The van der Waals surface area contributed by atoms with Crippen LogP contribution in [0.5, 0.6) is 0 Å². The predicted molar refractivity (Wildman–Crippen MR) is 122 cm³/mol. The van der Waals surface area contributed by atoms with Crippen molar-refractivity contribution in [3.8, 4) is 11.8 Å². The quantitative estimate of drug-likeness (QED) is 0.530. The van der Waals surface area contributed by atoms with Crippen LogP contribution in [-0.4, -0.2) is 42.3 Å². The molecule has 5 heteroatoms. The van der Waals surface area contributed by atoms with Gasteiger partial charge >= 0.3 is 12.1 Å². The van der Waals surface area contributed by atoms with E-state index in [-0.39, 0.29) is 30.4 Å². The van der Waals surface area contributed by atoms with Crippen molar-refractivity contribution in [3.05, 3.63) is 71.3 Å². The Kier molecular flexibility index (Phi) is 6.50. The highest BCUT2D eigenvalue weighted by molar-refractivity contribution is 5.74. The second kappa shape index (κ2) is 9.48. The van der Waals surface area contributed by atoms with Crippen LogP contribution in [0.15, 0.2) is 54.6 Å². The molecule has 1 heterocycles. The monoisotopic (exact) mass is 431 g/mol. The number of nitrogens with zero attached hydrogens (tertiary/aromatic N) is 1. The number of carbonyl (C=O) groups excluding carboxylic acids is 2. The first kappa shape index (κ1) is 22.0. The smallest absolute Gasteiger partial charge is 0.409 e. The molecule has 2 aliphatic rings. The number of hydrogen-bond donors (Lipinski definition) is 0. The van der Waals surface area contributed by atoms with Crippen LogP contribution in [0.4, 0.5) is 4.79 Å². The van der Waals surface area contributed by atoms with Gasteiger partial charge in [0.05, 0.1) is 13.5 Å². The summed E-state index contributed by atoms with van der Waals surface area (Å²) in [6.07, 6.45) is 2.98. The fourth-order valence-corrected chi connectivity index (χ4v) is 5.07. The Morgan fingerprint density at radius 1 is 1.12 bits per heavy atom. The summed E-state index contributed by atoms with van der Waals surface area (Å²) in [5.74, 6) is 6.33. The number of fused-ring (bicyclic) bond motifs is 1. The normalized spacial score (nSPS) is 24.1. The van der Waals surface area contributed by atoms with E-state index in [0.717, 1.165) is 36.0 Å². The number of rotatable bonds is 3. The van der Waals surface area contributed by atoms with Gasteiger partial charge in [-0.2, -0.15) is 0 Å². The lowest BCUT2D eigenvalue weighted by molar-refractivity contribution is -0.161. The number of hydrogen-bond acceptors (Lipinski definition) is 4. The molecular formula is C27H29NO4. The van der Waals surface area contributed by atoms with Gasteiger partial charge in [-0.05, 0) is 61.8 Å². The fourth-order valence-electron chi connectivity index (χ4n) is 5.07. The Labute approximate surface area is 189 Å². The van der Waals surface area contributed by atoms with Crippen molar-refractivity contribution in [2.45, 2.75) is 50.7 Å². The third-order valence-electron chi connectivity index (χ3n) is 6.53. The summed E-state index contributed by atoms with van der Waals surface area (Å²) in [4.78, 5) is 27.1. The highest BCUT2D eigenvalue weighted by atomic mass is 16.6. The molecule has 1 aliphatic carbocycles. The Balaban J connectivity index is 1.65. The molecule has 0 aromatic heterocycles. The molecule has 0 unspecified atom stereocenters. The van der Waals surface area contributed by atoms with Crippen LogP contribution < -0.4 is 0 Å². The van der Waals surface area contributed by atoms with E-state index in [1.54, 1.807) is 4.90 Å². The number of esters is 1. The minimum absolute atomic E-state index is 0.0347. The number of benzene rings is 2. The third kappa shape index (κ3) is 4.65. The topological polar surface area (TPSA) is 55.8 Å². The van der Waals surface area contributed by atoms with Crippen molar-refractivity contribution in [2.24, 2.45) is 5.92 Å². The van der Waals surface area contributed by atoms with Crippen LogP contribution in [0, 0.1) is 24.7 Å². The average Bonchev–Trinajstić information content (AvgIpc) is 3.24. The molecule has 0 N–H and O–H groups in total. The van der Waals surface area contributed by atoms with Gasteiger partial charge in [-0.15, -0.1) is 0 Å². The first-order chi connectivity index (χ1) is 15.5. The first-order valence-electron chi connectivity index (χ1n) is 11.2. The van der Waals surface area contributed by atoms with Gasteiger partial charge in [-0.25, -0.2) is 4.79 Å². The largest absolute Gasteiger partial charge is 0.453 e. The molecule has 0 radical (unpaired) electrons. The second-order valence-corrected chi connectivity index (χ2v) is 8.66. The molecule has 2 fully saturated rings. The molecule has 4 rings (SSSR count). The van der Waals surface area contributed by atoms with E-state index >= 15 is 0 Å². The lowest BCUT2D eigenvalue weighted by Gasteiger charge is -2.42. The molecule has 2 aromatic rings. The number of aryl methyl sites for hydroxylation is 1. The van der Waals surface area contributed by atoms with E-state index < -0.39 is 5.60 Å². The molecule has 1 saturated heterocycles. The van der Waals surface area contributed by atoms with Gasteiger partial charge in [0.15, 0.2) is 5.60 Å². The van der Waals surface area contributed by atoms with Gasteiger partial charge in [0.25, 0.3) is 0 Å². The Morgan fingerprint density at radius 3 is 2.69 bits per heavy atom. The van der Waals surface area contributed by atoms with Crippen LogP contribution >= 0.6 is 0 Å². The zero-order valence-corrected chi connectivity index (χ0v) is 18.7. The molecular weight excluding hydrogens is 402 g/mol. The Morgan fingerprint density at radius 2 is 1.94 bits per heavy atom. The second-order valence-electron chi connectivity index (χ2n) is 8.66. The third-order valence-corrected chi connectivity index (χ3v) is 6.53. The van der Waals surface area contributed by atoms with Crippen LogP contribution in [0.3, 0.4) is 0 Å². The van der Waals surface area contributed by atoms with Crippen molar-refractivity contribution in [1.29, 1.82) is 0 Å². The number of carbonyl (C=O) groups is 2. The lowest BCUT2D eigenvalue weighted by Crippen LogP contribution is -2.52. The number of amides is 1. The van der Waals surface area contributed by atoms with Gasteiger partial charge in [0, 0.05) is 24.1 Å². The average molecular weight is 432 g/mol. The maximum absolute atomic E-state index is 13.0. The first-order valence-corrected chi connectivity index (χ1v) is 11.2. The Hall–Kier alpha value is -3.26. The summed E-state index contributed by atoms with van der Waals surface area (Å²) < 4.78 is 11.2.